The number of nitrogens with one attached hydrogen (secondary N) is 1. The van der Waals surface area contributed by atoms with Crippen molar-refractivity contribution in [2.24, 2.45) is 5.73 Å². The molecule has 0 aromatic heterocycles. The Bertz CT molecular complexity index is 449. The molecule has 4 nitrogen and oxygen atoms in total. The first-order valence-corrected chi connectivity index (χ1v) is 6.03. The summed E-state index contributed by atoms with van der Waals surface area (Å²) >= 11 is 0. The highest BCUT2D eigenvalue weighted by Gasteiger charge is 2.30. The van der Waals surface area contributed by atoms with Crippen molar-refractivity contribution in [2.75, 3.05) is 20.3 Å². The molecule has 0 spiro atoms. The molecule has 0 radical (unpaired) electrons. The highest BCUT2D eigenvalue weighted by atomic mass is 19.4. The predicted molar refractivity (Wildman–Crippen MR) is 67.9 cm³/mol. The van der Waals surface area contributed by atoms with E-state index in [4.69, 9.17) is 10.5 Å². The number of alkyl halides is 3. The van der Waals surface area contributed by atoms with Crippen LogP contribution in [0, 0.1) is 0 Å². The van der Waals surface area contributed by atoms with E-state index in [0.29, 0.717) is 13.2 Å². The van der Waals surface area contributed by atoms with E-state index in [1.54, 1.807) is 0 Å². The number of hydrogen-bond donors (Lipinski definition) is 2. The van der Waals surface area contributed by atoms with Crippen LogP contribution >= 0.6 is 0 Å². The predicted octanol–water partition coefficient (Wildman–Crippen LogP) is 1.86. The number of benzene rings is 1. The van der Waals surface area contributed by atoms with Gasteiger partial charge in [0, 0.05) is 26.1 Å². The van der Waals surface area contributed by atoms with Crippen LogP contribution in [0.5, 0.6) is 0 Å². The van der Waals surface area contributed by atoms with E-state index in [-0.39, 0.29) is 17.9 Å². The number of hydrogen-bond acceptors (Lipinski definition) is 3. The van der Waals surface area contributed by atoms with Crippen molar-refractivity contribution in [1.29, 1.82) is 0 Å². The average Bonchev–Trinajstić information content (AvgIpc) is 2.38. The molecule has 0 aliphatic carbocycles. The molecular formula is C13H17F3N2O2. The van der Waals surface area contributed by atoms with Gasteiger partial charge in [-0.05, 0) is 17.7 Å². The van der Waals surface area contributed by atoms with Gasteiger partial charge < -0.3 is 15.8 Å². The molecule has 1 amide bonds. The average molecular weight is 290 g/mol. The fourth-order valence-corrected chi connectivity index (χ4v) is 1.63. The first-order valence-electron chi connectivity index (χ1n) is 6.03. The summed E-state index contributed by atoms with van der Waals surface area (Å²) in [4.78, 5) is 11.5. The molecule has 1 atom stereocenters. The normalized spacial score (nSPS) is 13.1. The third-order valence-electron chi connectivity index (χ3n) is 2.68. The lowest BCUT2D eigenvalue weighted by molar-refractivity contribution is -0.137. The van der Waals surface area contributed by atoms with Crippen molar-refractivity contribution in [2.45, 2.75) is 18.6 Å². The number of nitrogens with two attached hydrogens (primary N) is 1. The SMILES string of the molecule is COCCNC(=O)C[C@H](N)c1cccc(C(F)(F)F)c1. The molecule has 0 aliphatic heterocycles. The van der Waals surface area contributed by atoms with Crippen LogP contribution in [-0.4, -0.2) is 26.2 Å². The summed E-state index contributed by atoms with van der Waals surface area (Å²) in [6.07, 6.45) is -4.50. The van der Waals surface area contributed by atoms with Crippen molar-refractivity contribution in [1.82, 2.24) is 5.32 Å². The van der Waals surface area contributed by atoms with Crippen molar-refractivity contribution in [3.8, 4) is 0 Å². The van der Waals surface area contributed by atoms with Gasteiger partial charge in [0.05, 0.1) is 12.2 Å². The highest BCUT2D eigenvalue weighted by molar-refractivity contribution is 5.76. The molecule has 0 saturated heterocycles. The quantitative estimate of drug-likeness (QED) is 0.786. The molecule has 112 valence electrons. The van der Waals surface area contributed by atoms with E-state index in [1.807, 2.05) is 0 Å². The molecule has 0 aliphatic rings. The number of carbonyl (C=O) groups excluding carboxylic acids is 1. The van der Waals surface area contributed by atoms with E-state index >= 15 is 0 Å². The van der Waals surface area contributed by atoms with Gasteiger partial charge in [-0.25, -0.2) is 0 Å². The topological polar surface area (TPSA) is 64.3 Å². The Labute approximate surface area is 115 Å². The molecule has 0 unspecified atom stereocenters. The second-order valence-electron chi connectivity index (χ2n) is 4.28. The lowest BCUT2D eigenvalue weighted by atomic mass is 10.0. The zero-order chi connectivity index (χ0) is 15.2. The highest BCUT2D eigenvalue weighted by Crippen LogP contribution is 2.30. The second kappa shape index (κ2) is 7.25. The number of halogens is 3. The van der Waals surface area contributed by atoms with Gasteiger partial charge in [-0.3, -0.25) is 4.79 Å². The van der Waals surface area contributed by atoms with Gasteiger partial charge in [0.1, 0.15) is 0 Å². The maximum atomic E-state index is 12.6. The van der Waals surface area contributed by atoms with Gasteiger partial charge in [-0.15, -0.1) is 0 Å². The number of carbonyl (C=O) groups is 1. The molecule has 0 fully saturated rings. The summed E-state index contributed by atoms with van der Waals surface area (Å²) < 4.78 is 42.5. The van der Waals surface area contributed by atoms with Crippen LogP contribution < -0.4 is 11.1 Å². The van der Waals surface area contributed by atoms with Crippen LogP contribution in [0.4, 0.5) is 13.2 Å². The van der Waals surface area contributed by atoms with Crippen LogP contribution in [0.3, 0.4) is 0 Å². The van der Waals surface area contributed by atoms with Crippen LogP contribution in [0.15, 0.2) is 24.3 Å². The number of methoxy groups -OCH3 is 1. The Morgan fingerprint density at radius 1 is 1.45 bits per heavy atom. The van der Waals surface area contributed by atoms with Gasteiger partial charge in [-0.1, -0.05) is 12.1 Å². The smallest absolute Gasteiger partial charge is 0.383 e. The van der Waals surface area contributed by atoms with Crippen LogP contribution in [0.2, 0.25) is 0 Å². The molecule has 0 saturated carbocycles. The van der Waals surface area contributed by atoms with Crippen molar-refractivity contribution in [3.63, 3.8) is 0 Å². The molecule has 0 heterocycles. The lowest BCUT2D eigenvalue weighted by Gasteiger charge is -2.14. The van der Waals surface area contributed by atoms with E-state index in [0.717, 1.165) is 12.1 Å². The van der Waals surface area contributed by atoms with E-state index < -0.39 is 17.8 Å². The van der Waals surface area contributed by atoms with E-state index in [1.165, 1.54) is 19.2 Å². The molecular weight excluding hydrogens is 273 g/mol. The van der Waals surface area contributed by atoms with Crippen LogP contribution in [0.25, 0.3) is 0 Å². The Morgan fingerprint density at radius 3 is 2.75 bits per heavy atom. The zero-order valence-corrected chi connectivity index (χ0v) is 11.0. The second-order valence-corrected chi connectivity index (χ2v) is 4.28. The molecule has 1 aromatic carbocycles. The summed E-state index contributed by atoms with van der Waals surface area (Å²) in [7, 11) is 1.50. The van der Waals surface area contributed by atoms with Crippen molar-refractivity contribution in [3.05, 3.63) is 35.4 Å². The Hall–Kier alpha value is -1.60. The zero-order valence-electron chi connectivity index (χ0n) is 11.0. The number of rotatable bonds is 6. The van der Waals surface area contributed by atoms with Crippen molar-refractivity contribution >= 4 is 5.91 Å². The first kappa shape index (κ1) is 16.5. The van der Waals surface area contributed by atoms with E-state index in [9.17, 15) is 18.0 Å². The van der Waals surface area contributed by atoms with Gasteiger partial charge in [0.2, 0.25) is 5.91 Å². The van der Waals surface area contributed by atoms with Gasteiger partial charge in [0.25, 0.3) is 0 Å². The summed E-state index contributed by atoms with van der Waals surface area (Å²) in [5.41, 5.74) is 5.26. The fraction of sp³-hybridized carbons (Fsp3) is 0.462. The molecule has 20 heavy (non-hydrogen) atoms. The minimum Gasteiger partial charge on any atom is -0.383 e. The molecule has 1 aromatic rings. The monoisotopic (exact) mass is 290 g/mol. The minimum atomic E-state index is -4.42. The third-order valence-corrected chi connectivity index (χ3v) is 2.68. The standard InChI is InChI=1S/C13H17F3N2O2/c1-20-6-5-18-12(19)8-11(17)9-3-2-4-10(7-9)13(14,15)16/h2-4,7,11H,5-6,8,17H2,1H3,(H,18,19)/t11-/m0/s1. The first-order chi connectivity index (χ1) is 9.34. The number of ether oxygens (including phenoxy) is 1. The summed E-state index contributed by atoms with van der Waals surface area (Å²) in [5.74, 6) is -0.327. The van der Waals surface area contributed by atoms with Crippen LogP contribution in [0.1, 0.15) is 23.6 Å². The molecule has 0 bridgehead atoms. The van der Waals surface area contributed by atoms with Gasteiger partial charge in [-0.2, -0.15) is 13.2 Å². The maximum Gasteiger partial charge on any atom is 0.416 e. The van der Waals surface area contributed by atoms with Crippen LogP contribution in [-0.2, 0) is 15.7 Å². The molecule has 1 rings (SSSR count). The van der Waals surface area contributed by atoms with Crippen molar-refractivity contribution < 1.29 is 22.7 Å². The van der Waals surface area contributed by atoms with E-state index in [2.05, 4.69) is 5.32 Å². The van der Waals surface area contributed by atoms with Gasteiger partial charge >= 0.3 is 6.18 Å². The maximum absolute atomic E-state index is 12.6. The Balaban J connectivity index is 2.63. The van der Waals surface area contributed by atoms with Gasteiger partial charge in [0.15, 0.2) is 0 Å². The number of amides is 1. The molecule has 7 heteroatoms. The largest absolute Gasteiger partial charge is 0.416 e. The molecule has 3 N–H and O–H groups in total. The Kier molecular flexibility index (Phi) is 5.97. The lowest BCUT2D eigenvalue weighted by Crippen LogP contribution is -2.30. The third kappa shape index (κ3) is 5.18. The fourth-order valence-electron chi connectivity index (χ4n) is 1.63. The Morgan fingerprint density at radius 2 is 2.15 bits per heavy atom. The summed E-state index contributed by atoms with van der Waals surface area (Å²) in [6.45, 7) is 0.704. The summed E-state index contributed by atoms with van der Waals surface area (Å²) in [6, 6.07) is 3.91. The minimum absolute atomic E-state index is 0.0783. The summed E-state index contributed by atoms with van der Waals surface area (Å²) in [5, 5.41) is 2.56.